The van der Waals surface area contributed by atoms with Crippen LogP contribution in [-0.2, 0) is 21.4 Å². The molecule has 0 saturated carbocycles. The number of hydrogen-bond donors (Lipinski definition) is 2. The van der Waals surface area contributed by atoms with Crippen LogP contribution in [-0.4, -0.2) is 49.5 Å². The summed E-state index contributed by atoms with van der Waals surface area (Å²) in [6.45, 7) is 1.02. The van der Waals surface area contributed by atoms with Gasteiger partial charge in [0.1, 0.15) is 0 Å². The fraction of sp³-hybridized carbons (Fsp3) is 0.273. The molecular formula is C22H25ClN4O3S. The van der Waals surface area contributed by atoms with Gasteiger partial charge in [0.2, 0.25) is 15.9 Å². The molecule has 1 amide bonds. The third kappa shape index (κ3) is 6.92. The summed E-state index contributed by atoms with van der Waals surface area (Å²) < 4.78 is 25.3. The summed E-state index contributed by atoms with van der Waals surface area (Å²) >= 11 is 6.01. The van der Waals surface area contributed by atoms with Crippen LogP contribution in [0.1, 0.15) is 12.0 Å². The normalized spacial score (nSPS) is 11.6. The van der Waals surface area contributed by atoms with Gasteiger partial charge in [0.25, 0.3) is 0 Å². The highest BCUT2D eigenvalue weighted by molar-refractivity contribution is 7.88. The van der Waals surface area contributed by atoms with Crippen molar-refractivity contribution < 1.29 is 13.2 Å². The van der Waals surface area contributed by atoms with Crippen molar-refractivity contribution >= 4 is 44.1 Å². The maximum absolute atomic E-state index is 12.3. The number of sulfonamides is 1. The van der Waals surface area contributed by atoms with Crippen molar-refractivity contribution in [1.82, 2.24) is 14.6 Å². The Balaban J connectivity index is 1.46. The zero-order valence-electron chi connectivity index (χ0n) is 17.2. The van der Waals surface area contributed by atoms with Gasteiger partial charge < -0.3 is 10.6 Å². The van der Waals surface area contributed by atoms with Crippen LogP contribution in [0.25, 0.3) is 10.9 Å². The van der Waals surface area contributed by atoms with Gasteiger partial charge in [-0.3, -0.25) is 9.78 Å². The lowest BCUT2D eigenvalue weighted by atomic mass is 10.2. The van der Waals surface area contributed by atoms with E-state index in [4.69, 9.17) is 11.6 Å². The van der Waals surface area contributed by atoms with E-state index in [1.165, 1.54) is 4.31 Å². The molecule has 0 saturated heterocycles. The number of hydrogen-bond acceptors (Lipinski definition) is 5. The number of nitrogens with zero attached hydrogens (tertiary/aromatic N) is 2. The number of fused-ring (bicyclic) bond motifs is 1. The number of halogens is 1. The number of anilines is 1. The molecular weight excluding hydrogens is 436 g/mol. The van der Waals surface area contributed by atoms with Gasteiger partial charge in [0, 0.05) is 41.9 Å². The molecule has 1 aromatic heterocycles. The quantitative estimate of drug-likeness (QED) is 0.453. The van der Waals surface area contributed by atoms with E-state index < -0.39 is 10.0 Å². The third-order valence-corrected chi connectivity index (χ3v) is 6.12. The molecule has 0 radical (unpaired) electrons. The first-order chi connectivity index (χ1) is 14.8. The average Bonchev–Trinajstić information content (AvgIpc) is 2.73. The van der Waals surface area contributed by atoms with Crippen molar-refractivity contribution in [3.05, 3.63) is 71.4 Å². The Kier molecular flexibility index (Phi) is 7.84. The minimum atomic E-state index is -3.51. The number of amides is 1. The van der Waals surface area contributed by atoms with E-state index in [2.05, 4.69) is 15.6 Å². The van der Waals surface area contributed by atoms with Gasteiger partial charge in [0.15, 0.2) is 0 Å². The average molecular weight is 461 g/mol. The van der Waals surface area contributed by atoms with Crippen LogP contribution in [0.4, 0.5) is 5.69 Å². The second kappa shape index (κ2) is 10.6. The standard InChI is InChI=1S/C22H25ClN4O3S/c1-31(29,30)27(15-17-6-3-2-4-7-17)16-22(28)26-12-5-11-24-20-10-13-25-21-14-18(23)8-9-19(20)21/h2-4,6-10,13-14H,5,11-12,15-16H2,1H3,(H,24,25)(H,26,28). The van der Waals surface area contributed by atoms with Crippen LogP contribution >= 0.6 is 11.6 Å². The number of rotatable bonds is 10. The van der Waals surface area contributed by atoms with Gasteiger partial charge in [-0.1, -0.05) is 41.9 Å². The van der Waals surface area contributed by atoms with Gasteiger partial charge in [-0.05, 0) is 36.2 Å². The van der Waals surface area contributed by atoms with Gasteiger partial charge in [-0.2, -0.15) is 4.31 Å². The third-order valence-electron chi connectivity index (χ3n) is 4.69. The molecule has 3 rings (SSSR count). The summed E-state index contributed by atoms with van der Waals surface area (Å²) in [4.78, 5) is 16.6. The predicted molar refractivity (Wildman–Crippen MR) is 125 cm³/mol. The second-order valence-corrected chi connectivity index (χ2v) is 9.59. The maximum atomic E-state index is 12.3. The molecule has 9 heteroatoms. The minimum absolute atomic E-state index is 0.160. The molecule has 164 valence electrons. The first-order valence-electron chi connectivity index (χ1n) is 9.87. The Bertz CT molecular complexity index is 1140. The molecule has 2 N–H and O–H groups in total. The minimum Gasteiger partial charge on any atom is -0.384 e. The van der Waals surface area contributed by atoms with Crippen molar-refractivity contribution in [2.45, 2.75) is 13.0 Å². The summed E-state index contributed by atoms with van der Waals surface area (Å²) in [5, 5.41) is 7.73. The van der Waals surface area contributed by atoms with E-state index in [-0.39, 0.29) is 19.0 Å². The van der Waals surface area contributed by atoms with Crippen molar-refractivity contribution in [3.63, 3.8) is 0 Å². The molecule has 0 unspecified atom stereocenters. The Morgan fingerprint density at radius 3 is 2.61 bits per heavy atom. The summed E-state index contributed by atoms with van der Waals surface area (Å²) in [6.07, 6.45) is 3.51. The first-order valence-corrected chi connectivity index (χ1v) is 12.1. The highest BCUT2D eigenvalue weighted by Gasteiger charge is 2.20. The van der Waals surface area contributed by atoms with Crippen LogP contribution in [0, 0.1) is 0 Å². The Morgan fingerprint density at radius 2 is 1.87 bits per heavy atom. The molecule has 0 aliphatic carbocycles. The molecule has 0 bridgehead atoms. The number of carbonyl (C=O) groups excluding carboxylic acids is 1. The largest absolute Gasteiger partial charge is 0.384 e. The smallest absolute Gasteiger partial charge is 0.235 e. The van der Waals surface area contributed by atoms with Crippen molar-refractivity contribution in [1.29, 1.82) is 0 Å². The summed E-state index contributed by atoms with van der Waals surface area (Å²) in [7, 11) is -3.51. The zero-order chi connectivity index (χ0) is 22.3. The summed E-state index contributed by atoms with van der Waals surface area (Å²) in [5.41, 5.74) is 2.58. The van der Waals surface area contributed by atoms with E-state index in [1.807, 2.05) is 54.6 Å². The topological polar surface area (TPSA) is 91.4 Å². The van der Waals surface area contributed by atoms with Gasteiger partial charge in [0.05, 0.1) is 18.3 Å². The molecule has 1 heterocycles. The second-order valence-electron chi connectivity index (χ2n) is 7.17. The zero-order valence-corrected chi connectivity index (χ0v) is 18.8. The van der Waals surface area contributed by atoms with Crippen LogP contribution < -0.4 is 10.6 Å². The van der Waals surface area contributed by atoms with E-state index >= 15 is 0 Å². The maximum Gasteiger partial charge on any atom is 0.235 e. The molecule has 31 heavy (non-hydrogen) atoms. The SMILES string of the molecule is CS(=O)(=O)N(CC(=O)NCCCNc1ccnc2cc(Cl)ccc12)Cc1ccccc1. The first kappa shape index (κ1) is 23.0. The van der Waals surface area contributed by atoms with Crippen LogP contribution in [0.2, 0.25) is 5.02 Å². The Morgan fingerprint density at radius 1 is 1.10 bits per heavy atom. The number of nitrogens with one attached hydrogen (secondary N) is 2. The Hall–Kier alpha value is -2.68. The highest BCUT2D eigenvalue weighted by Crippen LogP contribution is 2.24. The number of benzene rings is 2. The fourth-order valence-corrected chi connectivity index (χ4v) is 4.01. The molecule has 2 aromatic carbocycles. The monoisotopic (exact) mass is 460 g/mol. The molecule has 3 aromatic rings. The summed E-state index contributed by atoms with van der Waals surface area (Å²) in [6, 6.07) is 16.6. The van der Waals surface area contributed by atoms with Crippen LogP contribution in [0.5, 0.6) is 0 Å². The molecule has 0 fully saturated rings. The number of aromatic nitrogens is 1. The van der Waals surface area contributed by atoms with Crippen LogP contribution in [0.15, 0.2) is 60.8 Å². The lowest BCUT2D eigenvalue weighted by molar-refractivity contribution is -0.121. The highest BCUT2D eigenvalue weighted by atomic mass is 35.5. The lowest BCUT2D eigenvalue weighted by Crippen LogP contribution is -2.40. The number of carbonyl (C=O) groups is 1. The van der Waals surface area contributed by atoms with E-state index in [0.29, 0.717) is 24.5 Å². The van der Waals surface area contributed by atoms with E-state index in [0.717, 1.165) is 28.4 Å². The van der Waals surface area contributed by atoms with Gasteiger partial charge in [-0.25, -0.2) is 8.42 Å². The Labute approximate surface area is 187 Å². The molecule has 0 atom stereocenters. The van der Waals surface area contributed by atoms with E-state index in [1.54, 1.807) is 6.20 Å². The molecule has 0 aliphatic heterocycles. The molecule has 7 nitrogen and oxygen atoms in total. The molecule has 0 aliphatic rings. The van der Waals surface area contributed by atoms with Gasteiger partial charge in [-0.15, -0.1) is 0 Å². The van der Waals surface area contributed by atoms with Crippen LogP contribution in [0.3, 0.4) is 0 Å². The lowest BCUT2D eigenvalue weighted by Gasteiger charge is -2.19. The van der Waals surface area contributed by atoms with Crippen molar-refractivity contribution in [3.8, 4) is 0 Å². The number of pyridine rings is 1. The summed E-state index contributed by atoms with van der Waals surface area (Å²) in [5.74, 6) is -0.328. The van der Waals surface area contributed by atoms with Crippen molar-refractivity contribution in [2.24, 2.45) is 0 Å². The van der Waals surface area contributed by atoms with Gasteiger partial charge >= 0.3 is 0 Å². The molecule has 0 spiro atoms. The van der Waals surface area contributed by atoms with E-state index in [9.17, 15) is 13.2 Å². The van der Waals surface area contributed by atoms with Crippen molar-refractivity contribution in [2.75, 3.05) is 31.2 Å². The predicted octanol–water partition coefficient (Wildman–Crippen LogP) is 3.27. The fourth-order valence-electron chi connectivity index (χ4n) is 3.11.